The number of halogens is 1. The third kappa shape index (κ3) is 3.97. The molecule has 2 unspecified atom stereocenters. The van der Waals surface area contributed by atoms with Crippen molar-refractivity contribution in [1.29, 1.82) is 0 Å². The number of carbonyl (C=O) groups is 1. The maximum Gasteiger partial charge on any atom is 0.225 e. The van der Waals surface area contributed by atoms with Crippen LogP contribution in [0.2, 0.25) is 0 Å². The lowest BCUT2D eigenvalue weighted by molar-refractivity contribution is -0.128. The lowest BCUT2D eigenvalue weighted by Crippen LogP contribution is -2.52. The van der Waals surface area contributed by atoms with E-state index >= 15 is 0 Å². The Kier molecular flexibility index (Phi) is 6.02. The SMILES string of the molecule is CC1(N)CCCCC1C(=O)NCc1ccccc1-n1cccn1.Cl. The zero-order valence-corrected chi connectivity index (χ0v) is 14.8. The van der Waals surface area contributed by atoms with Crippen LogP contribution in [0.3, 0.4) is 0 Å². The van der Waals surface area contributed by atoms with Gasteiger partial charge < -0.3 is 11.1 Å². The van der Waals surface area contributed by atoms with Gasteiger partial charge in [0.15, 0.2) is 0 Å². The standard InChI is InChI=1S/C18H24N4O.ClH/c1-18(19)10-5-4-8-15(18)17(23)20-13-14-7-2-3-9-16(14)22-12-6-11-21-22;/h2-3,6-7,9,11-12,15H,4-5,8,10,13,19H2,1H3,(H,20,23);1H. The first-order valence-electron chi connectivity index (χ1n) is 8.22. The highest BCUT2D eigenvalue weighted by molar-refractivity contribution is 5.85. The number of amides is 1. The second kappa shape index (κ2) is 7.81. The maximum absolute atomic E-state index is 12.6. The fraction of sp³-hybridized carbons (Fsp3) is 0.444. The second-order valence-corrected chi connectivity index (χ2v) is 6.60. The molecule has 5 nitrogen and oxygen atoms in total. The van der Waals surface area contributed by atoms with Crippen molar-refractivity contribution < 1.29 is 4.79 Å². The van der Waals surface area contributed by atoms with Crippen LogP contribution in [0, 0.1) is 5.92 Å². The summed E-state index contributed by atoms with van der Waals surface area (Å²) in [5, 5.41) is 7.34. The molecular formula is C18H25ClN4O. The average Bonchev–Trinajstić information content (AvgIpc) is 3.07. The molecule has 2 atom stereocenters. The predicted octanol–water partition coefficient (Wildman–Crippen LogP) is 2.82. The van der Waals surface area contributed by atoms with Gasteiger partial charge >= 0.3 is 0 Å². The molecule has 1 saturated carbocycles. The normalized spacial score (nSPS) is 23.3. The zero-order chi connectivity index (χ0) is 16.3. The molecule has 1 heterocycles. The van der Waals surface area contributed by atoms with E-state index < -0.39 is 5.54 Å². The van der Waals surface area contributed by atoms with Gasteiger partial charge in [0.25, 0.3) is 0 Å². The van der Waals surface area contributed by atoms with E-state index in [1.165, 1.54) is 0 Å². The summed E-state index contributed by atoms with van der Waals surface area (Å²) in [6.07, 6.45) is 7.62. The Balaban J connectivity index is 0.00000208. The van der Waals surface area contributed by atoms with Gasteiger partial charge in [0.05, 0.1) is 11.6 Å². The number of hydrogen-bond donors (Lipinski definition) is 2. The van der Waals surface area contributed by atoms with E-state index in [9.17, 15) is 4.79 Å². The van der Waals surface area contributed by atoms with Crippen LogP contribution in [0.5, 0.6) is 0 Å². The van der Waals surface area contributed by atoms with Crippen molar-refractivity contribution in [3.8, 4) is 5.69 Å². The molecule has 0 spiro atoms. The Bertz CT molecular complexity index is 669. The molecule has 130 valence electrons. The molecule has 0 radical (unpaired) electrons. The van der Waals surface area contributed by atoms with Gasteiger partial charge in [0.2, 0.25) is 5.91 Å². The summed E-state index contributed by atoms with van der Waals surface area (Å²) < 4.78 is 1.81. The molecular weight excluding hydrogens is 324 g/mol. The van der Waals surface area contributed by atoms with Gasteiger partial charge in [0.1, 0.15) is 0 Å². The van der Waals surface area contributed by atoms with Crippen LogP contribution in [-0.4, -0.2) is 21.2 Å². The van der Waals surface area contributed by atoms with E-state index in [4.69, 9.17) is 5.73 Å². The fourth-order valence-electron chi connectivity index (χ4n) is 3.39. The van der Waals surface area contributed by atoms with E-state index in [2.05, 4.69) is 10.4 Å². The third-order valence-corrected chi connectivity index (χ3v) is 4.77. The summed E-state index contributed by atoms with van der Waals surface area (Å²) in [5.41, 5.74) is 7.95. The number of carbonyl (C=O) groups excluding carboxylic acids is 1. The fourth-order valence-corrected chi connectivity index (χ4v) is 3.39. The van der Waals surface area contributed by atoms with E-state index in [-0.39, 0.29) is 24.2 Å². The first-order valence-corrected chi connectivity index (χ1v) is 8.22. The van der Waals surface area contributed by atoms with Crippen molar-refractivity contribution in [1.82, 2.24) is 15.1 Å². The monoisotopic (exact) mass is 348 g/mol. The largest absolute Gasteiger partial charge is 0.352 e. The van der Waals surface area contributed by atoms with Crippen LogP contribution in [0.1, 0.15) is 38.2 Å². The quantitative estimate of drug-likeness (QED) is 0.892. The Morgan fingerprint density at radius 3 is 2.88 bits per heavy atom. The van der Waals surface area contributed by atoms with Gasteiger partial charge in [-0.15, -0.1) is 12.4 Å². The molecule has 1 aliphatic carbocycles. The van der Waals surface area contributed by atoms with Crippen molar-refractivity contribution >= 4 is 18.3 Å². The van der Waals surface area contributed by atoms with Crippen molar-refractivity contribution in [3.63, 3.8) is 0 Å². The smallest absolute Gasteiger partial charge is 0.225 e. The van der Waals surface area contributed by atoms with E-state index in [0.29, 0.717) is 6.54 Å². The van der Waals surface area contributed by atoms with Gasteiger partial charge in [-0.2, -0.15) is 5.10 Å². The maximum atomic E-state index is 12.6. The molecule has 1 aromatic heterocycles. The predicted molar refractivity (Wildman–Crippen MR) is 97.2 cm³/mol. The minimum Gasteiger partial charge on any atom is -0.352 e. The van der Waals surface area contributed by atoms with Crippen LogP contribution in [0.4, 0.5) is 0 Å². The number of nitrogens with zero attached hydrogens (tertiary/aromatic N) is 2. The molecule has 3 rings (SSSR count). The minimum atomic E-state index is -0.399. The van der Waals surface area contributed by atoms with Gasteiger partial charge in [0, 0.05) is 24.5 Å². The van der Waals surface area contributed by atoms with Gasteiger partial charge in [-0.05, 0) is 37.5 Å². The first-order chi connectivity index (χ1) is 11.1. The van der Waals surface area contributed by atoms with Gasteiger partial charge in [-0.25, -0.2) is 4.68 Å². The summed E-state index contributed by atoms with van der Waals surface area (Å²) in [7, 11) is 0. The minimum absolute atomic E-state index is 0. The lowest BCUT2D eigenvalue weighted by Gasteiger charge is -2.37. The average molecular weight is 349 g/mol. The zero-order valence-electron chi connectivity index (χ0n) is 13.9. The van der Waals surface area contributed by atoms with Crippen LogP contribution in [0.25, 0.3) is 5.69 Å². The highest BCUT2D eigenvalue weighted by Gasteiger charge is 2.37. The molecule has 1 aliphatic rings. The molecule has 3 N–H and O–H groups in total. The topological polar surface area (TPSA) is 72.9 Å². The molecule has 1 amide bonds. The number of rotatable bonds is 4. The Hall–Kier alpha value is -1.85. The molecule has 1 aromatic carbocycles. The van der Waals surface area contributed by atoms with E-state index in [0.717, 1.165) is 36.9 Å². The van der Waals surface area contributed by atoms with Gasteiger partial charge in [-0.3, -0.25) is 4.79 Å². The van der Waals surface area contributed by atoms with Crippen molar-refractivity contribution in [2.45, 2.75) is 44.7 Å². The highest BCUT2D eigenvalue weighted by Crippen LogP contribution is 2.31. The molecule has 0 bridgehead atoms. The summed E-state index contributed by atoms with van der Waals surface area (Å²) in [6.45, 7) is 2.48. The van der Waals surface area contributed by atoms with Crippen molar-refractivity contribution in [3.05, 3.63) is 48.3 Å². The molecule has 0 saturated heterocycles. The van der Waals surface area contributed by atoms with Crippen LogP contribution in [-0.2, 0) is 11.3 Å². The first kappa shape index (κ1) is 18.5. The molecule has 1 fully saturated rings. The number of nitrogens with one attached hydrogen (secondary N) is 1. The number of hydrogen-bond acceptors (Lipinski definition) is 3. The Morgan fingerprint density at radius 1 is 1.38 bits per heavy atom. The van der Waals surface area contributed by atoms with Crippen LogP contribution < -0.4 is 11.1 Å². The van der Waals surface area contributed by atoms with E-state index in [1.807, 2.05) is 48.1 Å². The summed E-state index contributed by atoms with van der Waals surface area (Å²) in [6, 6.07) is 9.85. The van der Waals surface area contributed by atoms with E-state index in [1.54, 1.807) is 6.20 Å². The summed E-state index contributed by atoms with van der Waals surface area (Å²) in [4.78, 5) is 12.6. The highest BCUT2D eigenvalue weighted by atomic mass is 35.5. The molecule has 0 aliphatic heterocycles. The van der Waals surface area contributed by atoms with Crippen molar-refractivity contribution in [2.24, 2.45) is 11.7 Å². The number of para-hydroxylation sites is 1. The summed E-state index contributed by atoms with van der Waals surface area (Å²) in [5.74, 6) is -0.0434. The number of nitrogens with two attached hydrogens (primary N) is 1. The third-order valence-electron chi connectivity index (χ3n) is 4.77. The van der Waals surface area contributed by atoms with Gasteiger partial charge in [-0.1, -0.05) is 31.0 Å². The molecule has 24 heavy (non-hydrogen) atoms. The van der Waals surface area contributed by atoms with Crippen molar-refractivity contribution in [2.75, 3.05) is 0 Å². The Morgan fingerprint density at radius 2 is 2.17 bits per heavy atom. The van der Waals surface area contributed by atoms with Crippen LogP contribution in [0.15, 0.2) is 42.7 Å². The Labute approximate surface area is 149 Å². The number of benzene rings is 1. The number of aromatic nitrogens is 2. The summed E-state index contributed by atoms with van der Waals surface area (Å²) >= 11 is 0. The second-order valence-electron chi connectivity index (χ2n) is 6.60. The molecule has 2 aromatic rings. The molecule has 6 heteroatoms. The lowest BCUT2D eigenvalue weighted by atomic mass is 9.74. The van der Waals surface area contributed by atoms with Crippen LogP contribution >= 0.6 is 12.4 Å².